The third-order valence-electron chi connectivity index (χ3n) is 4.98. The fourth-order valence-corrected chi connectivity index (χ4v) is 4.37. The predicted molar refractivity (Wildman–Crippen MR) is 120 cm³/mol. The van der Waals surface area contributed by atoms with Gasteiger partial charge in [0.15, 0.2) is 0 Å². The molecule has 0 spiro atoms. The van der Waals surface area contributed by atoms with Gasteiger partial charge in [0.25, 0.3) is 10.0 Å². The first-order valence-corrected chi connectivity index (χ1v) is 11.9. The van der Waals surface area contributed by atoms with E-state index in [4.69, 9.17) is 4.74 Å². The topological polar surface area (TPSA) is 49.9 Å². The molecule has 7 heteroatoms. The van der Waals surface area contributed by atoms with Crippen molar-refractivity contribution in [2.45, 2.75) is 43.9 Å². The Morgan fingerprint density at radius 3 is 2.13 bits per heavy atom. The Balaban J connectivity index is 1.77. The second kappa shape index (κ2) is 11.9. The van der Waals surface area contributed by atoms with E-state index in [-0.39, 0.29) is 4.90 Å². The number of rotatable bonds is 13. The Hall–Kier alpha value is -2.12. The number of hydrogen-bond donors (Lipinski definition) is 0. The number of sulfonamides is 1. The summed E-state index contributed by atoms with van der Waals surface area (Å²) in [4.78, 5) is 2.42. The Bertz CT molecular complexity index is 855. The molecule has 0 unspecified atom stereocenters. The molecular weight excluding hydrogens is 403 g/mol. The first-order chi connectivity index (χ1) is 14.3. The van der Waals surface area contributed by atoms with Crippen molar-refractivity contribution in [2.75, 3.05) is 38.1 Å². The van der Waals surface area contributed by atoms with Crippen molar-refractivity contribution in [3.63, 3.8) is 0 Å². The van der Waals surface area contributed by atoms with E-state index in [0.29, 0.717) is 18.0 Å². The number of anilines is 1. The van der Waals surface area contributed by atoms with Crippen molar-refractivity contribution in [3.8, 4) is 5.75 Å². The van der Waals surface area contributed by atoms with Gasteiger partial charge in [-0.05, 0) is 87.9 Å². The van der Waals surface area contributed by atoms with Gasteiger partial charge in [-0.2, -0.15) is 0 Å². The van der Waals surface area contributed by atoms with Crippen LogP contribution in [0.4, 0.5) is 10.1 Å². The lowest BCUT2D eigenvalue weighted by molar-refractivity contribution is 0.296. The van der Waals surface area contributed by atoms with Gasteiger partial charge in [0.2, 0.25) is 0 Å². The van der Waals surface area contributed by atoms with Crippen LogP contribution >= 0.6 is 0 Å². The van der Waals surface area contributed by atoms with Gasteiger partial charge < -0.3 is 9.64 Å². The van der Waals surface area contributed by atoms with Crippen molar-refractivity contribution in [3.05, 3.63) is 54.3 Å². The molecule has 0 bridgehead atoms. The Morgan fingerprint density at radius 2 is 1.50 bits per heavy atom. The second-order valence-corrected chi connectivity index (χ2v) is 9.46. The van der Waals surface area contributed by atoms with E-state index in [1.165, 1.54) is 42.7 Å². The number of benzene rings is 2. The van der Waals surface area contributed by atoms with Crippen LogP contribution in [0.1, 0.15) is 39.0 Å². The molecule has 5 nitrogen and oxygen atoms in total. The van der Waals surface area contributed by atoms with Crippen LogP contribution in [0.25, 0.3) is 0 Å². The van der Waals surface area contributed by atoms with Crippen molar-refractivity contribution in [2.24, 2.45) is 0 Å². The third kappa shape index (κ3) is 7.29. The molecule has 0 saturated heterocycles. The molecule has 0 saturated carbocycles. The van der Waals surface area contributed by atoms with Gasteiger partial charge in [-0.15, -0.1) is 0 Å². The highest BCUT2D eigenvalue weighted by atomic mass is 32.2. The lowest BCUT2D eigenvalue weighted by Gasteiger charge is -2.20. The van der Waals surface area contributed by atoms with Crippen molar-refractivity contribution in [1.29, 1.82) is 0 Å². The van der Waals surface area contributed by atoms with Crippen molar-refractivity contribution >= 4 is 15.7 Å². The van der Waals surface area contributed by atoms with Gasteiger partial charge in [0.05, 0.1) is 17.2 Å². The minimum atomic E-state index is -3.74. The van der Waals surface area contributed by atoms with Crippen LogP contribution in [-0.2, 0) is 10.0 Å². The predicted octanol–water partition coefficient (Wildman–Crippen LogP) is 4.93. The van der Waals surface area contributed by atoms with Crippen molar-refractivity contribution in [1.82, 2.24) is 4.90 Å². The average molecular weight is 437 g/mol. The maximum atomic E-state index is 13.1. The third-order valence-corrected chi connectivity index (χ3v) is 6.78. The molecule has 0 N–H and O–H groups in total. The smallest absolute Gasteiger partial charge is 0.264 e. The van der Waals surface area contributed by atoms with Gasteiger partial charge in [0, 0.05) is 7.05 Å². The minimum Gasteiger partial charge on any atom is -0.494 e. The highest BCUT2D eigenvalue weighted by Crippen LogP contribution is 2.24. The summed E-state index contributed by atoms with van der Waals surface area (Å²) in [5, 5.41) is 0. The van der Waals surface area contributed by atoms with E-state index >= 15 is 0 Å². The molecule has 0 heterocycles. The maximum Gasteiger partial charge on any atom is 0.264 e. The summed E-state index contributed by atoms with van der Waals surface area (Å²) in [5.41, 5.74) is 0.517. The second-order valence-electron chi connectivity index (χ2n) is 7.49. The molecule has 0 aromatic heterocycles. The van der Waals surface area contributed by atoms with Gasteiger partial charge in [-0.25, -0.2) is 12.8 Å². The normalized spacial score (nSPS) is 11.6. The molecule has 2 aromatic carbocycles. The monoisotopic (exact) mass is 436 g/mol. The fraction of sp³-hybridized carbons (Fsp3) is 0.478. The quantitative estimate of drug-likeness (QED) is 0.418. The molecule has 0 atom stereocenters. The summed E-state index contributed by atoms with van der Waals surface area (Å²) < 4.78 is 45.4. The zero-order valence-electron chi connectivity index (χ0n) is 18.2. The summed E-state index contributed by atoms with van der Waals surface area (Å²) in [6, 6.07) is 11.8. The summed E-state index contributed by atoms with van der Waals surface area (Å²) in [6.07, 6.45) is 5.73. The molecule has 0 fully saturated rings. The highest BCUT2D eigenvalue weighted by molar-refractivity contribution is 7.92. The lowest BCUT2D eigenvalue weighted by atomic mass is 10.2. The average Bonchev–Trinajstić information content (AvgIpc) is 2.73. The minimum absolute atomic E-state index is 0.0487. The summed E-state index contributed by atoms with van der Waals surface area (Å²) in [6.45, 7) is 5.14. The molecule has 166 valence electrons. The van der Waals surface area contributed by atoms with Gasteiger partial charge in [0.1, 0.15) is 11.6 Å². The van der Waals surface area contributed by atoms with Crippen LogP contribution in [0.15, 0.2) is 53.4 Å². The molecule has 30 heavy (non-hydrogen) atoms. The maximum absolute atomic E-state index is 13.1. The van der Waals surface area contributed by atoms with E-state index in [0.717, 1.165) is 38.1 Å². The largest absolute Gasteiger partial charge is 0.494 e. The lowest BCUT2D eigenvalue weighted by Crippen LogP contribution is -2.26. The number of unbranched alkanes of at least 4 members (excludes halogenated alkanes) is 3. The van der Waals surface area contributed by atoms with Crippen LogP contribution in [0.3, 0.4) is 0 Å². The zero-order chi connectivity index (χ0) is 22.0. The van der Waals surface area contributed by atoms with Crippen LogP contribution in [0.2, 0.25) is 0 Å². The first-order valence-electron chi connectivity index (χ1n) is 10.5. The standard InChI is InChI=1S/C23H33FN2O3S/c1-4-17-25(2)18-7-5-6-8-19-29-22-13-11-21(12-14-22)26(3)30(27,28)23-15-9-20(24)10-16-23/h9-16H,4-8,17-19H2,1-3H3. The van der Waals surface area contributed by atoms with E-state index in [1.807, 2.05) is 0 Å². The number of halogens is 1. The molecular formula is C23H33FN2O3S. The summed E-state index contributed by atoms with van der Waals surface area (Å²) in [5.74, 6) is 0.246. The van der Waals surface area contributed by atoms with Crippen LogP contribution < -0.4 is 9.04 Å². The highest BCUT2D eigenvalue weighted by Gasteiger charge is 2.21. The van der Waals surface area contributed by atoms with E-state index in [1.54, 1.807) is 24.3 Å². The number of hydrogen-bond acceptors (Lipinski definition) is 4. The molecule has 0 radical (unpaired) electrons. The van der Waals surface area contributed by atoms with Crippen LogP contribution in [0.5, 0.6) is 5.75 Å². The SMILES string of the molecule is CCCN(C)CCCCCCOc1ccc(N(C)S(=O)(=O)c2ccc(F)cc2)cc1. The summed E-state index contributed by atoms with van der Waals surface area (Å²) >= 11 is 0. The van der Waals surface area contributed by atoms with E-state index < -0.39 is 15.8 Å². The van der Waals surface area contributed by atoms with Crippen LogP contribution in [0, 0.1) is 5.82 Å². The summed E-state index contributed by atoms with van der Waals surface area (Å²) in [7, 11) is -0.0951. The zero-order valence-corrected chi connectivity index (χ0v) is 19.0. The molecule has 2 aromatic rings. The first kappa shape index (κ1) is 24.2. The Kier molecular flexibility index (Phi) is 9.59. The molecule has 0 aliphatic carbocycles. The molecule has 2 rings (SSSR count). The van der Waals surface area contributed by atoms with Gasteiger partial charge >= 0.3 is 0 Å². The van der Waals surface area contributed by atoms with E-state index in [9.17, 15) is 12.8 Å². The van der Waals surface area contributed by atoms with Gasteiger partial charge in [-0.1, -0.05) is 19.8 Å². The fourth-order valence-electron chi connectivity index (χ4n) is 3.18. The van der Waals surface area contributed by atoms with E-state index in [2.05, 4.69) is 18.9 Å². The Labute approximate surface area is 180 Å². The molecule has 0 aliphatic heterocycles. The number of nitrogens with zero attached hydrogens (tertiary/aromatic N) is 2. The molecule has 0 amide bonds. The van der Waals surface area contributed by atoms with Crippen molar-refractivity contribution < 1.29 is 17.5 Å². The van der Waals surface area contributed by atoms with Crippen LogP contribution in [-0.4, -0.2) is 47.1 Å². The number of ether oxygens (including phenoxy) is 1. The molecule has 0 aliphatic rings. The Morgan fingerprint density at radius 1 is 0.867 bits per heavy atom. The van der Waals surface area contributed by atoms with Gasteiger partial charge in [-0.3, -0.25) is 4.31 Å².